The number of guanidine groups is 1. The molecule has 0 fully saturated rings. The summed E-state index contributed by atoms with van der Waals surface area (Å²) in [6, 6.07) is 7.76. The van der Waals surface area contributed by atoms with Crippen LogP contribution in [0.15, 0.2) is 41.7 Å². The van der Waals surface area contributed by atoms with Crippen LogP contribution in [0.2, 0.25) is 5.02 Å². The Hall–Kier alpha value is -1.28. The first-order valence-electron chi connectivity index (χ1n) is 7.43. The zero-order chi connectivity index (χ0) is 15.8. The van der Waals surface area contributed by atoms with Gasteiger partial charge in [-0.1, -0.05) is 29.8 Å². The van der Waals surface area contributed by atoms with Crippen molar-refractivity contribution in [2.45, 2.75) is 26.9 Å². The van der Waals surface area contributed by atoms with Crippen LogP contribution in [0.5, 0.6) is 0 Å². The maximum absolute atomic E-state index is 6.15. The zero-order valence-electron chi connectivity index (χ0n) is 13.4. The van der Waals surface area contributed by atoms with E-state index in [1.807, 2.05) is 55.2 Å². The van der Waals surface area contributed by atoms with Crippen molar-refractivity contribution < 1.29 is 0 Å². The Morgan fingerprint density at radius 1 is 1.30 bits per heavy atom. The summed E-state index contributed by atoms with van der Waals surface area (Å²) < 4.78 is 1.92. The molecule has 2 aromatic rings. The molecule has 0 aliphatic carbocycles. The lowest BCUT2D eigenvalue weighted by Gasteiger charge is -2.11. The molecule has 1 heterocycles. The number of halogens is 2. The fourth-order valence-corrected chi connectivity index (χ4v) is 2.21. The second-order valence-corrected chi connectivity index (χ2v) is 5.40. The molecule has 23 heavy (non-hydrogen) atoms. The quantitative estimate of drug-likeness (QED) is 0.406. The van der Waals surface area contributed by atoms with Gasteiger partial charge in [-0.25, -0.2) is 4.99 Å². The van der Waals surface area contributed by atoms with Gasteiger partial charge in [-0.3, -0.25) is 4.68 Å². The SMILES string of the molecule is CCNC(=NCc1ccccc1Cl)NCCn1cc(C)cn1.I. The zero-order valence-corrected chi connectivity index (χ0v) is 16.5. The van der Waals surface area contributed by atoms with Gasteiger partial charge in [0.25, 0.3) is 0 Å². The lowest BCUT2D eigenvalue weighted by atomic mass is 10.2. The molecule has 0 radical (unpaired) electrons. The van der Waals surface area contributed by atoms with Gasteiger partial charge < -0.3 is 10.6 Å². The maximum Gasteiger partial charge on any atom is 0.191 e. The van der Waals surface area contributed by atoms with E-state index >= 15 is 0 Å². The second kappa shape index (κ2) is 10.5. The minimum atomic E-state index is 0. The Bertz CT molecular complexity index is 626. The van der Waals surface area contributed by atoms with Crippen molar-refractivity contribution in [3.05, 3.63) is 52.8 Å². The Morgan fingerprint density at radius 3 is 2.74 bits per heavy atom. The number of benzene rings is 1. The van der Waals surface area contributed by atoms with E-state index in [9.17, 15) is 0 Å². The van der Waals surface area contributed by atoms with E-state index in [4.69, 9.17) is 11.6 Å². The van der Waals surface area contributed by atoms with Crippen molar-refractivity contribution in [3.8, 4) is 0 Å². The summed E-state index contributed by atoms with van der Waals surface area (Å²) in [5.41, 5.74) is 2.18. The molecule has 7 heteroatoms. The standard InChI is InChI=1S/C16H22ClN5.HI/c1-3-18-16(19-8-9-22-12-13(2)10-21-22)20-11-14-6-4-5-7-15(14)17;/h4-7,10,12H,3,8-9,11H2,1-2H3,(H2,18,19,20);1H. The third-order valence-corrected chi connectivity index (χ3v) is 3.47. The van der Waals surface area contributed by atoms with Crippen molar-refractivity contribution in [1.82, 2.24) is 20.4 Å². The van der Waals surface area contributed by atoms with Crippen molar-refractivity contribution in [2.75, 3.05) is 13.1 Å². The number of rotatable bonds is 6. The summed E-state index contributed by atoms with van der Waals surface area (Å²) in [5.74, 6) is 0.784. The highest BCUT2D eigenvalue weighted by molar-refractivity contribution is 14.0. The summed E-state index contributed by atoms with van der Waals surface area (Å²) in [7, 11) is 0. The molecule has 0 aliphatic heterocycles. The predicted octanol–water partition coefficient (Wildman–Crippen LogP) is 3.22. The monoisotopic (exact) mass is 447 g/mol. The van der Waals surface area contributed by atoms with Gasteiger partial charge in [0.1, 0.15) is 0 Å². The number of hydrogen-bond acceptors (Lipinski definition) is 2. The first-order valence-corrected chi connectivity index (χ1v) is 7.81. The Labute approximate surface area is 159 Å². The number of nitrogens with zero attached hydrogens (tertiary/aromatic N) is 3. The van der Waals surface area contributed by atoms with E-state index in [0.29, 0.717) is 6.54 Å². The smallest absolute Gasteiger partial charge is 0.191 e. The molecule has 0 atom stereocenters. The molecule has 0 saturated heterocycles. The van der Waals surface area contributed by atoms with Crippen molar-refractivity contribution in [3.63, 3.8) is 0 Å². The van der Waals surface area contributed by atoms with E-state index in [1.165, 1.54) is 5.56 Å². The molecule has 0 saturated carbocycles. The Balaban J connectivity index is 0.00000264. The molecular weight excluding hydrogens is 425 g/mol. The molecule has 2 N–H and O–H groups in total. The van der Waals surface area contributed by atoms with Crippen LogP contribution in [0.4, 0.5) is 0 Å². The Morgan fingerprint density at radius 2 is 2.09 bits per heavy atom. The van der Waals surface area contributed by atoms with Crippen LogP contribution in [0.1, 0.15) is 18.1 Å². The van der Waals surface area contributed by atoms with Gasteiger partial charge in [0, 0.05) is 24.3 Å². The van der Waals surface area contributed by atoms with Gasteiger partial charge in [0.15, 0.2) is 5.96 Å². The third-order valence-electron chi connectivity index (χ3n) is 3.11. The minimum Gasteiger partial charge on any atom is -0.357 e. The molecule has 5 nitrogen and oxygen atoms in total. The predicted molar refractivity (Wildman–Crippen MR) is 107 cm³/mol. The molecule has 0 aliphatic rings. The average molecular weight is 448 g/mol. The number of aliphatic imine (C=N–C) groups is 1. The molecule has 126 valence electrons. The summed E-state index contributed by atoms with van der Waals surface area (Å²) in [6.07, 6.45) is 3.88. The third kappa shape index (κ3) is 6.78. The van der Waals surface area contributed by atoms with E-state index in [2.05, 4.69) is 20.7 Å². The molecule has 1 aromatic carbocycles. The van der Waals surface area contributed by atoms with Crippen LogP contribution in [0.3, 0.4) is 0 Å². The normalized spacial score (nSPS) is 11.0. The first kappa shape index (κ1) is 19.8. The van der Waals surface area contributed by atoms with Crippen LogP contribution in [0.25, 0.3) is 0 Å². The van der Waals surface area contributed by atoms with Crippen molar-refractivity contribution >= 4 is 41.5 Å². The van der Waals surface area contributed by atoms with Crippen LogP contribution in [0, 0.1) is 6.92 Å². The van der Waals surface area contributed by atoms with Crippen LogP contribution in [-0.2, 0) is 13.1 Å². The summed E-state index contributed by atoms with van der Waals surface area (Å²) in [6.45, 7) is 7.00. The van der Waals surface area contributed by atoms with E-state index in [0.717, 1.165) is 36.2 Å². The van der Waals surface area contributed by atoms with E-state index in [1.54, 1.807) is 0 Å². The van der Waals surface area contributed by atoms with Crippen LogP contribution in [-0.4, -0.2) is 28.8 Å². The fourth-order valence-electron chi connectivity index (χ4n) is 2.01. The number of aromatic nitrogens is 2. The van der Waals surface area contributed by atoms with Gasteiger partial charge in [0.2, 0.25) is 0 Å². The van der Waals surface area contributed by atoms with Gasteiger partial charge in [-0.15, -0.1) is 24.0 Å². The molecule has 1 aromatic heterocycles. The van der Waals surface area contributed by atoms with Crippen LogP contribution < -0.4 is 10.6 Å². The molecule has 2 rings (SSSR count). The van der Waals surface area contributed by atoms with E-state index < -0.39 is 0 Å². The minimum absolute atomic E-state index is 0. The van der Waals surface area contributed by atoms with Gasteiger partial charge in [-0.2, -0.15) is 5.10 Å². The topological polar surface area (TPSA) is 54.2 Å². The van der Waals surface area contributed by atoms with Gasteiger partial charge in [0.05, 0.1) is 19.3 Å². The lowest BCUT2D eigenvalue weighted by molar-refractivity contribution is 0.597. The number of hydrogen-bond donors (Lipinski definition) is 2. The first-order chi connectivity index (χ1) is 10.7. The number of aryl methyl sites for hydroxylation is 1. The average Bonchev–Trinajstić information content (AvgIpc) is 2.92. The Kier molecular flexibility index (Phi) is 9.01. The largest absolute Gasteiger partial charge is 0.357 e. The fraction of sp³-hybridized carbons (Fsp3) is 0.375. The molecule has 0 amide bonds. The summed E-state index contributed by atoms with van der Waals surface area (Å²) in [5, 5.41) is 11.5. The van der Waals surface area contributed by atoms with Gasteiger partial charge >= 0.3 is 0 Å². The lowest BCUT2D eigenvalue weighted by Crippen LogP contribution is -2.38. The summed E-state index contributed by atoms with van der Waals surface area (Å²) >= 11 is 6.15. The summed E-state index contributed by atoms with van der Waals surface area (Å²) in [4.78, 5) is 4.56. The van der Waals surface area contributed by atoms with Crippen molar-refractivity contribution in [1.29, 1.82) is 0 Å². The second-order valence-electron chi connectivity index (χ2n) is 4.99. The highest BCUT2D eigenvalue weighted by Gasteiger charge is 2.01. The number of nitrogens with one attached hydrogen (secondary N) is 2. The maximum atomic E-state index is 6.15. The molecule has 0 bridgehead atoms. The molecule has 0 unspecified atom stereocenters. The van der Waals surface area contributed by atoms with Crippen molar-refractivity contribution in [2.24, 2.45) is 4.99 Å². The van der Waals surface area contributed by atoms with E-state index in [-0.39, 0.29) is 24.0 Å². The highest BCUT2D eigenvalue weighted by Crippen LogP contribution is 2.15. The molecular formula is C16H23ClIN5. The molecule has 0 spiro atoms. The van der Waals surface area contributed by atoms with Gasteiger partial charge in [-0.05, 0) is 31.0 Å². The van der Waals surface area contributed by atoms with Crippen LogP contribution >= 0.6 is 35.6 Å². The highest BCUT2D eigenvalue weighted by atomic mass is 127.